The van der Waals surface area contributed by atoms with Gasteiger partial charge in [-0.2, -0.15) is 0 Å². The maximum absolute atomic E-state index is 11.5. The lowest BCUT2D eigenvalue weighted by Gasteiger charge is -2.37. The van der Waals surface area contributed by atoms with E-state index in [1.807, 2.05) is 6.92 Å². The SMILES string of the molecule is CCCCOCCOC(O[N+](=O)[O-])(c1ccc(Cl)cc1Cl)C(O[N+](=O)[O-])n1ccnc1. The summed E-state index contributed by atoms with van der Waals surface area (Å²) in [5.74, 6) is -2.49. The molecule has 0 spiro atoms. The molecule has 0 aliphatic heterocycles. The second kappa shape index (κ2) is 11.6. The van der Waals surface area contributed by atoms with E-state index in [-0.39, 0.29) is 28.8 Å². The molecule has 170 valence electrons. The fourth-order valence-corrected chi connectivity index (χ4v) is 3.24. The number of benzene rings is 1. The zero-order chi connectivity index (χ0) is 22.9. The lowest BCUT2D eigenvalue weighted by atomic mass is 10.0. The van der Waals surface area contributed by atoms with Gasteiger partial charge in [-0.1, -0.05) is 42.6 Å². The van der Waals surface area contributed by atoms with Crippen molar-refractivity contribution in [1.29, 1.82) is 0 Å². The summed E-state index contributed by atoms with van der Waals surface area (Å²) in [6, 6.07) is 3.95. The molecule has 0 bridgehead atoms. The molecule has 2 unspecified atom stereocenters. The minimum Gasteiger partial charge on any atom is -0.379 e. The smallest absolute Gasteiger partial charge is 0.297 e. The highest BCUT2D eigenvalue weighted by Crippen LogP contribution is 2.43. The summed E-state index contributed by atoms with van der Waals surface area (Å²) in [6.45, 7) is 2.23. The van der Waals surface area contributed by atoms with E-state index in [0.717, 1.165) is 23.7 Å². The van der Waals surface area contributed by atoms with Crippen LogP contribution in [0.4, 0.5) is 0 Å². The summed E-state index contributed by atoms with van der Waals surface area (Å²) >= 11 is 12.2. The van der Waals surface area contributed by atoms with Gasteiger partial charge in [-0.25, -0.2) is 4.98 Å². The van der Waals surface area contributed by atoms with Crippen molar-refractivity contribution in [3.8, 4) is 0 Å². The third-order valence-corrected chi connectivity index (χ3v) is 4.56. The number of hydrogen-bond acceptors (Lipinski definition) is 9. The standard InChI is InChI=1S/C17H20Cl2N4O8/c1-2-3-8-28-9-10-29-17(31-23(26)27,14-5-4-13(18)11-15(14)19)16(30-22(24)25)21-7-6-20-12-21/h4-7,11-12,16H,2-3,8-10H2,1H3. The lowest BCUT2D eigenvalue weighted by Crippen LogP contribution is -2.46. The molecule has 0 saturated heterocycles. The quantitative estimate of drug-likeness (QED) is 0.171. The number of ether oxygens (including phenoxy) is 2. The maximum Gasteiger partial charge on any atom is 0.297 e. The second-order valence-corrected chi connectivity index (χ2v) is 6.96. The molecule has 2 rings (SSSR count). The van der Waals surface area contributed by atoms with Crippen LogP contribution in [0.5, 0.6) is 0 Å². The number of halogens is 2. The van der Waals surface area contributed by atoms with E-state index in [1.165, 1.54) is 30.6 Å². The highest BCUT2D eigenvalue weighted by Gasteiger charge is 2.51. The second-order valence-electron chi connectivity index (χ2n) is 6.11. The van der Waals surface area contributed by atoms with Crippen LogP contribution in [0.2, 0.25) is 10.0 Å². The highest BCUT2D eigenvalue weighted by atomic mass is 35.5. The first-order valence-electron chi connectivity index (χ1n) is 9.09. The Kier molecular flexibility index (Phi) is 9.24. The first-order valence-corrected chi connectivity index (χ1v) is 9.85. The Morgan fingerprint density at radius 1 is 1.19 bits per heavy atom. The van der Waals surface area contributed by atoms with Gasteiger partial charge in [0.25, 0.3) is 16.0 Å². The molecule has 2 atom stereocenters. The molecular weight excluding hydrogens is 459 g/mol. The van der Waals surface area contributed by atoms with Gasteiger partial charge in [-0.05, 0) is 18.6 Å². The van der Waals surface area contributed by atoms with E-state index in [1.54, 1.807) is 0 Å². The molecule has 31 heavy (non-hydrogen) atoms. The van der Waals surface area contributed by atoms with Crippen molar-refractivity contribution in [3.63, 3.8) is 0 Å². The van der Waals surface area contributed by atoms with E-state index < -0.39 is 22.2 Å². The van der Waals surface area contributed by atoms with Crippen LogP contribution in [0.15, 0.2) is 36.9 Å². The van der Waals surface area contributed by atoms with Gasteiger partial charge in [0.2, 0.25) is 6.23 Å². The molecule has 0 saturated carbocycles. The average molecular weight is 479 g/mol. The average Bonchev–Trinajstić information content (AvgIpc) is 3.22. The molecule has 0 fully saturated rings. The van der Waals surface area contributed by atoms with E-state index in [4.69, 9.17) is 42.4 Å². The van der Waals surface area contributed by atoms with Crippen LogP contribution in [-0.2, 0) is 24.9 Å². The first-order chi connectivity index (χ1) is 14.8. The van der Waals surface area contributed by atoms with Crippen molar-refractivity contribution in [2.24, 2.45) is 0 Å². The highest BCUT2D eigenvalue weighted by molar-refractivity contribution is 6.35. The van der Waals surface area contributed by atoms with Crippen molar-refractivity contribution in [2.45, 2.75) is 31.8 Å². The Morgan fingerprint density at radius 3 is 2.55 bits per heavy atom. The van der Waals surface area contributed by atoms with Gasteiger partial charge in [0.15, 0.2) is 0 Å². The van der Waals surface area contributed by atoms with E-state index in [2.05, 4.69) is 4.98 Å². The van der Waals surface area contributed by atoms with Gasteiger partial charge in [0.1, 0.15) is 0 Å². The Labute approximate surface area is 186 Å². The Balaban J connectivity index is 2.54. The Hall–Kier alpha value is -2.67. The van der Waals surface area contributed by atoms with Gasteiger partial charge in [-0.3, -0.25) is 9.68 Å². The van der Waals surface area contributed by atoms with Crippen molar-refractivity contribution in [1.82, 2.24) is 9.55 Å². The molecule has 1 aromatic heterocycles. The zero-order valence-corrected chi connectivity index (χ0v) is 17.9. The summed E-state index contributed by atoms with van der Waals surface area (Å²) in [5, 5.41) is 20.5. The molecule has 1 aromatic carbocycles. The Bertz CT molecular complexity index is 870. The van der Waals surface area contributed by atoms with Gasteiger partial charge in [-0.15, -0.1) is 20.2 Å². The summed E-state index contributed by atoms with van der Waals surface area (Å²) in [4.78, 5) is 36.2. The van der Waals surface area contributed by atoms with Crippen LogP contribution in [-0.4, -0.2) is 39.5 Å². The molecule has 0 radical (unpaired) electrons. The molecule has 0 aliphatic carbocycles. The van der Waals surface area contributed by atoms with Crippen LogP contribution in [0.3, 0.4) is 0 Å². The molecule has 12 nitrogen and oxygen atoms in total. The number of aromatic nitrogens is 2. The number of unbranched alkanes of at least 4 members (excludes halogenated alkanes) is 1. The minimum absolute atomic E-state index is 0.0309. The summed E-state index contributed by atoms with van der Waals surface area (Å²) in [5.41, 5.74) is -0.121. The van der Waals surface area contributed by atoms with Gasteiger partial charge >= 0.3 is 0 Å². The maximum atomic E-state index is 11.5. The summed E-state index contributed by atoms with van der Waals surface area (Å²) in [6.07, 6.45) is 3.62. The number of hydrogen-bond donors (Lipinski definition) is 0. The largest absolute Gasteiger partial charge is 0.379 e. The first kappa shape index (κ1) is 24.6. The van der Waals surface area contributed by atoms with Crippen molar-refractivity contribution >= 4 is 23.2 Å². The topological polar surface area (TPSA) is 141 Å². The lowest BCUT2D eigenvalue weighted by molar-refractivity contribution is -0.835. The van der Waals surface area contributed by atoms with E-state index in [0.29, 0.717) is 6.61 Å². The number of nitrogens with zero attached hydrogens (tertiary/aromatic N) is 4. The predicted molar refractivity (Wildman–Crippen MR) is 107 cm³/mol. The van der Waals surface area contributed by atoms with Gasteiger partial charge in [0.05, 0.1) is 24.6 Å². The fraction of sp³-hybridized carbons (Fsp3) is 0.471. The molecule has 14 heteroatoms. The zero-order valence-electron chi connectivity index (χ0n) is 16.4. The third kappa shape index (κ3) is 6.66. The van der Waals surface area contributed by atoms with Crippen LogP contribution in [0.1, 0.15) is 31.6 Å². The molecule has 1 heterocycles. The number of rotatable bonds is 14. The van der Waals surface area contributed by atoms with Crippen LogP contribution < -0.4 is 0 Å². The minimum atomic E-state index is -2.49. The van der Waals surface area contributed by atoms with Crippen LogP contribution in [0, 0.1) is 20.2 Å². The van der Waals surface area contributed by atoms with E-state index >= 15 is 0 Å². The molecule has 0 aliphatic rings. The predicted octanol–water partition coefficient (Wildman–Crippen LogP) is 3.79. The number of imidazole rings is 1. The van der Waals surface area contributed by atoms with Crippen molar-refractivity contribution in [3.05, 3.63) is 72.8 Å². The molecular formula is C17H20Cl2N4O8. The summed E-state index contributed by atoms with van der Waals surface area (Å²) < 4.78 is 12.2. The molecule has 2 aromatic rings. The normalized spacial score (nSPS) is 13.9. The summed E-state index contributed by atoms with van der Waals surface area (Å²) in [7, 11) is 0. The van der Waals surface area contributed by atoms with Gasteiger partial charge < -0.3 is 14.0 Å². The third-order valence-electron chi connectivity index (χ3n) is 4.01. The Morgan fingerprint density at radius 2 is 1.97 bits per heavy atom. The van der Waals surface area contributed by atoms with Crippen molar-refractivity contribution < 1.29 is 29.3 Å². The monoisotopic (exact) mass is 478 g/mol. The van der Waals surface area contributed by atoms with Crippen LogP contribution >= 0.6 is 23.2 Å². The van der Waals surface area contributed by atoms with E-state index in [9.17, 15) is 20.2 Å². The van der Waals surface area contributed by atoms with Crippen molar-refractivity contribution in [2.75, 3.05) is 19.8 Å². The van der Waals surface area contributed by atoms with Crippen LogP contribution in [0.25, 0.3) is 0 Å². The molecule has 0 N–H and O–H groups in total. The van der Waals surface area contributed by atoms with Gasteiger partial charge in [0, 0.05) is 29.6 Å². The fourth-order valence-electron chi connectivity index (χ4n) is 2.70. The molecule has 0 amide bonds.